The Morgan fingerprint density at radius 2 is 1.52 bits per heavy atom. The van der Waals surface area contributed by atoms with Gasteiger partial charge >= 0.3 is 0 Å². The second-order valence-corrected chi connectivity index (χ2v) is 14.8. The minimum absolute atomic E-state index is 0.0586. The Morgan fingerprint density at radius 1 is 0.796 bits per heavy atom. The first-order valence-electron chi connectivity index (χ1n) is 18.3. The zero-order valence-corrected chi connectivity index (χ0v) is 31.7. The molecule has 6 bridgehead atoms. The number of hydrogen-bond donors (Lipinski definition) is 1. The number of benzene rings is 5. The number of rotatable bonds is 6. The van der Waals surface area contributed by atoms with Crippen molar-refractivity contribution in [2.45, 2.75) is 51.0 Å². The standard InChI is InChI=1S/C44H44ClFN2O6/c1-47-16-14-28-21-30(24-49)39-23-32(28)36(47)18-26-8-11-31(12-9-26)53-40-20-27(10-13-38(40)50-3)19-37-42-29(15-17-48(37)2)22-41(51-4)43(44(42)54-39)52-25-33-34(45)6-5-7-35(33)46/h5-13,20-23,36-37,49H,14-19,24-25H2,1-4H3/t36-,37-/m0/s1. The molecule has 0 saturated heterocycles. The lowest BCUT2D eigenvalue weighted by Gasteiger charge is -2.37. The summed E-state index contributed by atoms with van der Waals surface area (Å²) in [6.07, 6.45) is 2.96. The number of fused-ring (bicyclic) bond motifs is 2. The van der Waals surface area contributed by atoms with E-state index in [1.807, 2.05) is 30.3 Å². The van der Waals surface area contributed by atoms with E-state index in [9.17, 15) is 5.11 Å². The highest BCUT2D eigenvalue weighted by atomic mass is 35.5. The fraction of sp³-hybridized carbons (Fsp3) is 0.318. The topological polar surface area (TPSA) is 72.9 Å². The number of aliphatic hydroxyl groups excluding tert-OH is 1. The highest BCUT2D eigenvalue weighted by Gasteiger charge is 2.35. The van der Waals surface area contributed by atoms with Crippen LogP contribution >= 0.6 is 11.6 Å². The molecule has 4 heterocycles. The fourth-order valence-corrected chi connectivity index (χ4v) is 8.30. The predicted molar refractivity (Wildman–Crippen MR) is 206 cm³/mol. The number of nitrogens with zero attached hydrogens (tertiary/aromatic N) is 2. The third kappa shape index (κ3) is 6.86. The molecule has 9 rings (SSSR count). The van der Waals surface area contributed by atoms with Gasteiger partial charge in [0.25, 0.3) is 0 Å². The molecular formula is C44H44ClFN2O6. The van der Waals surface area contributed by atoms with Crippen LogP contribution in [0, 0.1) is 5.82 Å². The van der Waals surface area contributed by atoms with Crippen LogP contribution < -0.4 is 23.7 Å². The van der Waals surface area contributed by atoms with E-state index in [0.29, 0.717) is 46.5 Å². The SMILES string of the molecule is COc1ccc2cc1Oc1ccc(cc1)C[C@H]1c3cc(c(CO)cc3CCN1C)Oc1c(OCc3c(F)cccc3Cl)c(OC)cc3c1[C@H](C2)N(C)CC3. The van der Waals surface area contributed by atoms with Crippen molar-refractivity contribution in [2.75, 3.05) is 41.4 Å². The molecule has 10 heteroatoms. The van der Waals surface area contributed by atoms with Crippen LogP contribution in [0.25, 0.3) is 0 Å². The Bertz CT molecular complexity index is 2170. The molecule has 0 aromatic heterocycles. The maximum absolute atomic E-state index is 15.1. The summed E-state index contributed by atoms with van der Waals surface area (Å²) in [6.45, 7) is 1.31. The summed E-state index contributed by atoms with van der Waals surface area (Å²) >= 11 is 6.48. The lowest BCUT2D eigenvalue weighted by atomic mass is 9.86. The third-order valence-corrected chi connectivity index (χ3v) is 11.5. The largest absolute Gasteiger partial charge is 0.493 e. The molecule has 8 nitrogen and oxygen atoms in total. The zero-order valence-electron chi connectivity index (χ0n) is 31.0. The predicted octanol–water partition coefficient (Wildman–Crippen LogP) is 9.01. The molecule has 280 valence electrons. The number of ether oxygens (including phenoxy) is 5. The molecule has 0 saturated carbocycles. The number of halogens is 2. The first-order chi connectivity index (χ1) is 26.2. The van der Waals surface area contributed by atoms with Crippen molar-refractivity contribution in [1.82, 2.24) is 9.80 Å². The van der Waals surface area contributed by atoms with Crippen molar-refractivity contribution in [2.24, 2.45) is 0 Å². The van der Waals surface area contributed by atoms with Gasteiger partial charge in [0.2, 0.25) is 5.75 Å². The Labute approximate surface area is 320 Å². The highest BCUT2D eigenvalue weighted by molar-refractivity contribution is 6.31. The van der Waals surface area contributed by atoms with Gasteiger partial charge in [-0.2, -0.15) is 0 Å². The number of methoxy groups -OCH3 is 2. The average Bonchev–Trinajstić information content (AvgIpc) is 3.17. The van der Waals surface area contributed by atoms with Crippen molar-refractivity contribution >= 4 is 11.6 Å². The van der Waals surface area contributed by atoms with E-state index in [1.165, 1.54) is 11.6 Å². The molecule has 0 radical (unpaired) electrons. The van der Waals surface area contributed by atoms with Crippen LogP contribution in [0.3, 0.4) is 0 Å². The quantitative estimate of drug-likeness (QED) is 0.185. The molecule has 54 heavy (non-hydrogen) atoms. The van der Waals surface area contributed by atoms with Gasteiger partial charge in [-0.3, -0.25) is 9.80 Å². The Kier molecular flexibility index (Phi) is 10.2. The molecule has 0 aliphatic carbocycles. The van der Waals surface area contributed by atoms with Gasteiger partial charge in [-0.1, -0.05) is 35.9 Å². The first-order valence-corrected chi connectivity index (χ1v) is 18.7. The summed E-state index contributed by atoms with van der Waals surface area (Å²) < 4.78 is 47.0. The molecule has 1 N–H and O–H groups in total. The van der Waals surface area contributed by atoms with Crippen LogP contribution in [-0.2, 0) is 38.9 Å². The minimum Gasteiger partial charge on any atom is -0.493 e. The van der Waals surface area contributed by atoms with E-state index in [0.717, 1.165) is 65.9 Å². The van der Waals surface area contributed by atoms with Crippen molar-refractivity contribution in [1.29, 1.82) is 0 Å². The van der Waals surface area contributed by atoms with Gasteiger partial charge in [0, 0.05) is 41.9 Å². The van der Waals surface area contributed by atoms with E-state index in [2.05, 4.69) is 54.2 Å². The molecule has 4 aliphatic heterocycles. The maximum Gasteiger partial charge on any atom is 0.204 e. The first kappa shape index (κ1) is 36.2. The van der Waals surface area contributed by atoms with Crippen molar-refractivity contribution < 1.29 is 33.2 Å². The average molecular weight is 751 g/mol. The zero-order chi connectivity index (χ0) is 37.5. The van der Waals surface area contributed by atoms with Gasteiger partial charge in [0.1, 0.15) is 23.9 Å². The van der Waals surface area contributed by atoms with Crippen LogP contribution in [0.1, 0.15) is 56.6 Å². The lowest BCUT2D eigenvalue weighted by Crippen LogP contribution is -2.34. The van der Waals surface area contributed by atoms with Gasteiger partial charge < -0.3 is 28.8 Å². The molecule has 4 aliphatic rings. The van der Waals surface area contributed by atoms with Crippen molar-refractivity contribution in [3.8, 4) is 40.2 Å². The van der Waals surface area contributed by atoms with E-state index in [-0.39, 0.29) is 35.9 Å². The summed E-state index contributed by atoms with van der Waals surface area (Å²) in [5.74, 6) is 3.31. The van der Waals surface area contributed by atoms with Gasteiger partial charge in [0.05, 0.1) is 25.8 Å². The third-order valence-electron chi connectivity index (χ3n) is 11.1. The summed E-state index contributed by atoms with van der Waals surface area (Å²) in [5.41, 5.74) is 7.42. The van der Waals surface area contributed by atoms with Gasteiger partial charge in [0.15, 0.2) is 23.0 Å². The van der Waals surface area contributed by atoms with Crippen molar-refractivity contribution in [3.05, 3.63) is 134 Å². The molecule has 0 fully saturated rings. The van der Waals surface area contributed by atoms with Crippen LogP contribution in [0.15, 0.2) is 78.9 Å². The van der Waals surface area contributed by atoms with Gasteiger partial charge in [-0.15, -0.1) is 0 Å². The molecule has 5 aromatic rings. The summed E-state index contributed by atoms with van der Waals surface area (Å²) in [7, 11) is 7.49. The van der Waals surface area contributed by atoms with Crippen LogP contribution in [0.5, 0.6) is 40.2 Å². The normalized spacial score (nSPS) is 18.1. The molecule has 2 atom stereocenters. The Hall–Kier alpha value is -4.80. The molecule has 0 amide bonds. The van der Waals surface area contributed by atoms with Gasteiger partial charge in [-0.25, -0.2) is 4.39 Å². The Morgan fingerprint density at radius 3 is 2.26 bits per heavy atom. The van der Waals surface area contributed by atoms with Crippen molar-refractivity contribution in [3.63, 3.8) is 0 Å². The highest BCUT2D eigenvalue weighted by Crippen LogP contribution is 2.51. The molecule has 0 spiro atoms. The van der Waals surface area contributed by atoms with Crippen LogP contribution in [0.4, 0.5) is 4.39 Å². The van der Waals surface area contributed by atoms with E-state index >= 15 is 4.39 Å². The van der Waals surface area contributed by atoms with E-state index in [1.54, 1.807) is 26.4 Å². The van der Waals surface area contributed by atoms with Gasteiger partial charge in [-0.05, 0) is 122 Å². The summed E-state index contributed by atoms with van der Waals surface area (Å²) in [5, 5.41) is 11.1. The summed E-state index contributed by atoms with van der Waals surface area (Å²) in [4.78, 5) is 4.68. The number of likely N-dealkylation sites (N-methyl/N-ethyl adjacent to an activating group) is 2. The number of hydrogen-bond acceptors (Lipinski definition) is 8. The molecule has 0 unspecified atom stereocenters. The maximum atomic E-state index is 15.1. The Balaban J connectivity index is 1.35. The minimum atomic E-state index is -0.466. The van der Waals surface area contributed by atoms with E-state index < -0.39 is 5.82 Å². The second-order valence-electron chi connectivity index (χ2n) is 14.3. The van der Waals surface area contributed by atoms with E-state index in [4.69, 9.17) is 35.3 Å². The monoisotopic (exact) mass is 750 g/mol. The molecule has 5 aromatic carbocycles. The fourth-order valence-electron chi connectivity index (χ4n) is 8.09. The number of aliphatic hydroxyl groups is 1. The smallest absolute Gasteiger partial charge is 0.204 e. The molecular weight excluding hydrogens is 707 g/mol. The van der Waals surface area contributed by atoms with Crippen LogP contribution in [0.2, 0.25) is 5.02 Å². The second kappa shape index (κ2) is 15.1. The lowest BCUT2D eigenvalue weighted by molar-refractivity contribution is 0.216. The van der Waals surface area contributed by atoms with Crippen LogP contribution in [-0.4, -0.2) is 56.3 Å². The summed E-state index contributed by atoms with van der Waals surface area (Å²) in [6, 6.07) is 24.9.